The van der Waals surface area contributed by atoms with Crippen molar-refractivity contribution >= 4 is 0 Å². The lowest BCUT2D eigenvalue weighted by atomic mass is 9.66. The van der Waals surface area contributed by atoms with Gasteiger partial charge in [-0.3, -0.25) is 0 Å². The third-order valence-electron chi connectivity index (χ3n) is 11.4. The smallest absolute Gasteiger partial charge is 0.247 e. The van der Waals surface area contributed by atoms with Gasteiger partial charge in [0.15, 0.2) is 0 Å². The molecule has 0 aromatic heterocycles. The Morgan fingerprint density at radius 3 is 1.51 bits per heavy atom. The molecule has 0 heterocycles. The minimum atomic E-state index is -2.39. The van der Waals surface area contributed by atoms with Crippen molar-refractivity contribution in [1.29, 1.82) is 0 Å². The quantitative estimate of drug-likeness (QED) is 0.295. The molecule has 0 N–H and O–H groups in total. The van der Waals surface area contributed by atoms with Crippen molar-refractivity contribution in [1.82, 2.24) is 0 Å². The van der Waals surface area contributed by atoms with Crippen LogP contribution in [0.15, 0.2) is 0 Å². The van der Waals surface area contributed by atoms with Gasteiger partial charge in [-0.1, -0.05) is 91.9 Å². The van der Waals surface area contributed by atoms with Gasteiger partial charge in [0.25, 0.3) is 5.92 Å². The Bertz CT molecular complexity index is 602. The van der Waals surface area contributed by atoms with E-state index in [1.807, 2.05) is 0 Å². The Morgan fingerprint density at radius 2 is 1.05 bits per heavy atom. The van der Waals surface area contributed by atoms with Crippen LogP contribution in [-0.4, -0.2) is 12.1 Å². The minimum absolute atomic E-state index is 0.156. The summed E-state index contributed by atoms with van der Waals surface area (Å²) in [5.74, 6) is 1.45. The lowest BCUT2D eigenvalue weighted by molar-refractivity contribution is -0.128. The van der Waals surface area contributed by atoms with Crippen LogP contribution in [0.4, 0.5) is 13.2 Å². The van der Waals surface area contributed by atoms with Crippen LogP contribution in [0.25, 0.3) is 0 Å². The highest BCUT2D eigenvalue weighted by atomic mass is 19.3. The topological polar surface area (TPSA) is 0 Å². The van der Waals surface area contributed by atoms with Crippen LogP contribution in [0.5, 0.6) is 0 Å². The first-order valence-electron chi connectivity index (χ1n) is 16.8. The van der Waals surface area contributed by atoms with E-state index in [4.69, 9.17) is 0 Å². The summed E-state index contributed by atoms with van der Waals surface area (Å²) < 4.78 is 43.0. The van der Waals surface area contributed by atoms with Crippen LogP contribution in [0.2, 0.25) is 0 Å². The summed E-state index contributed by atoms with van der Waals surface area (Å²) in [6, 6.07) is 0. The lowest BCUT2D eigenvalue weighted by Crippen LogP contribution is -2.41. The summed E-state index contributed by atoms with van der Waals surface area (Å²) in [4.78, 5) is 0. The first-order valence-corrected chi connectivity index (χ1v) is 16.8. The molecule has 0 bridgehead atoms. The Kier molecular flexibility index (Phi) is 13.2. The second-order valence-electron chi connectivity index (χ2n) is 13.8. The minimum Gasteiger partial charge on any atom is -0.247 e. The maximum absolute atomic E-state index is 14.3. The van der Waals surface area contributed by atoms with Crippen molar-refractivity contribution in [3.8, 4) is 0 Å². The van der Waals surface area contributed by atoms with E-state index in [1.165, 1.54) is 83.5 Å². The summed E-state index contributed by atoms with van der Waals surface area (Å²) in [6.45, 7) is 8.78. The molecule has 4 aliphatic carbocycles. The van der Waals surface area contributed by atoms with Gasteiger partial charge in [0.05, 0.1) is 0 Å². The highest BCUT2D eigenvalue weighted by Gasteiger charge is 2.48. The van der Waals surface area contributed by atoms with Gasteiger partial charge in [0.2, 0.25) is 0 Å². The van der Waals surface area contributed by atoms with Crippen molar-refractivity contribution in [2.45, 2.75) is 168 Å². The Balaban J connectivity index is 0.000000206. The fourth-order valence-electron chi connectivity index (χ4n) is 8.92. The first-order chi connectivity index (χ1) is 17.8. The molecule has 4 rings (SSSR count). The molecule has 0 amide bonds. The molecule has 0 spiro atoms. The number of hydrogen-bond donors (Lipinski definition) is 0. The Hall–Kier alpha value is -0.210. The van der Waals surface area contributed by atoms with Crippen molar-refractivity contribution in [2.24, 2.45) is 47.3 Å². The van der Waals surface area contributed by atoms with E-state index in [2.05, 4.69) is 27.7 Å². The summed E-state index contributed by atoms with van der Waals surface area (Å²) >= 11 is 0. The predicted octanol–water partition coefficient (Wildman–Crippen LogP) is 11.8. The summed E-state index contributed by atoms with van der Waals surface area (Å²) in [5, 5.41) is 0. The predicted molar refractivity (Wildman–Crippen MR) is 153 cm³/mol. The van der Waals surface area contributed by atoms with Gasteiger partial charge in [-0.2, -0.15) is 0 Å². The second-order valence-corrected chi connectivity index (χ2v) is 13.8. The van der Waals surface area contributed by atoms with E-state index in [1.54, 1.807) is 0 Å². The van der Waals surface area contributed by atoms with Crippen molar-refractivity contribution in [2.75, 3.05) is 0 Å². The fourth-order valence-corrected chi connectivity index (χ4v) is 8.92. The zero-order valence-corrected chi connectivity index (χ0v) is 25.0. The van der Waals surface area contributed by atoms with Crippen LogP contribution in [0.1, 0.15) is 156 Å². The molecule has 37 heavy (non-hydrogen) atoms. The van der Waals surface area contributed by atoms with Gasteiger partial charge in [-0.25, -0.2) is 13.2 Å². The van der Waals surface area contributed by atoms with Crippen LogP contribution in [0.3, 0.4) is 0 Å². The van der Waals surface area contributed by atoms with E-state index in [9.17, 15) is 13.2 Å². The van der Waals surface area contributed by atoms with Crippen LogP contribution in [0, 0.1) is 47.3 Å². The Labute approximate surface area is 228 Å². The molecule has 4 saturated carbocycles. The van der Waals surface area contributed by atoms with Crippen LogP contribution >= 0.6 is 0 Å². The van der Waals surface area contributed by atoms with E-state index >= 15 is 0 Å². The lowest BCUT2D eigenvalue weighted by Gasteiger charge is -2.42. The average molecular weight is 527 g/mol. The first kappa shape index (κ1) is 31.3. The fraction of sp³-hybridized carbons (Fsp3) is 1.00. The summed E-state index contributed by atoms with van der Waals surface area (Å²) in [6.07, 6.45) is 22.0. The van der Waals surface area contributed by atoms with Gasteiger partial charge in [0.1, 0.15) is 6.17 Å². The van der Waals surface area contributed by atoms with Gasteiger partial charge in [-0.15, -0.1) is 0 Å². The summed E-state index contributed by atoms with van der Waals surface area (Å²) in [5.41, 5.74) is 0. The monoisotopic (exact) mass is 526 g/mol. The van der Waals surface area contributed by atoms with Crippen molar-refractivity contribution < 1.29 is 13.2 Å². The SMILES string of the molecule is CCCC1CCC(C2CCC(CC)CC2(F)F)CC1.CCCC1CCC(C2CCC(CC)CC2F)CC1. The molecule has 4 fully saturated rings. The van der Waals surface area contributed by atoms with Crippen LogP contribution in [-0.2, 0) is 0 Å². The second kappa shape index (κ2) is 15.5. The van der Waals surface area contributed by atoms with E-state index in [0.717, 1.165) is 50.4 Å². The molecule has 4 aliphatic rings. The maximum atomic E-state index is 14.3. The van der Waals surface area contributed by atoms with Gasteiger partial charge >= 0.3 is 0 Å². The molecule has 0 aliphatic heterocycles. The molecular formula is C34H61F3. The number of halogens is 3. The number of hydrogen-bond acceptors (Lipinski definition) is 0. The molecule has 5 unspecified atom stereocenters. The number of alkyl halides is 3. The van der Waals surface area contributed by atoms with Crippen molar-refractivity contribution in [3.05, 3.63) is 0 Å². The Morgan fingerprint density at radius 1 is 0.568 bits per heavy atom. The number of rotatable bonds is 8. The zero-order valence-electron chi connectivity index (χ0n) is 25.0. The molecule has 0 aromatic carbocycles. The highest BCUT2D eigenvalue weighted by Crippen LogP contribution is 2.50. The highest BCUT2D eigenvalue weighted by molar-refractivity contribution is 4.91. The largest absolute Gasteiger partial charge is 0.251 e. The third kappa shape index (κ3) is 9.16. The average Bonchev–Trinajstić information content (AvgIpc) is 2.90. The molecular weight excluding hydrogens is 465 g/mol. The van der Waals surface area contributed by atoms with Crippen LogP contribution < -0.4 is 0 Å². The van der Waals surface area contributed by atoms with Gasteiger partial charge < -0.3 is 0 Å². The van der Waals surface area contributed by atoms with Gasteiger partial charge in [-0.05, 0) is 99.2 Å². The van der Waals surface area contributed by atoms with Gasteiger partial charge in [0, 0.05) is 12.3 Å². The zero-order chi connectivity index (χ0) is 26.8. The molecule has 218 valence electrons. The maximum Gasteiger partial charge on any atom is 0.251 e. The molecule has 5 atom stereocenters. The van der Waals surface area contributed by atoms with E-state index in [-0.39, 0.29) is 18.3 Å². The van der Waals surface area contributed by atoms with E-state index < -0.39 is 12.1 Å². The summed E-state index contributed by atoms with van der Waals surface area (Å²) in [7, 11) is 0. The standard InChI is InChI=1S/C17H30F2.C17H31F/c1-3-5-14-6-9-15(10-7-14)16-11-8-13(4-2)12-17(16,18)19;1-3-5-14-6-9-15(10-7-14)16-11-8-13(4-2)12-17(16)18/h13-16H,3-12H2,1-2H3;13-17H,3-12H2,1-2H3. The molecule has 0 saturated heterocycles. The molecule has 0 radical (unpaired) electrons. The third-order valence-corrected chi connectivity index (χ3v) is 11.4. The molecule has 0 aromatic rings. The molecule has 3 heteroatoms. The van der Waals surface area contributed by atoms with E-state index in [0.29, 0.717) is 23.7 Å². The van der Waals surface area contributed by atoms with Crippen molar-refractivity contribution in [3.63, 3.8) is 0 Å². The molecule has 0 nitrogen and oxygen atoms in total. The normalized spacial score (nSPS) is 40.5.